The van der Waals surface area contributed by atoms with E-state index < -0.39 is 0 Å². The first-order chi connectivity index (χ1) is 13.9. The molecule has 2 aromatic rings. The Morgan fingerprint density at radius 3 is 2.59 bits per heavy atom. The summed E-state index contributed by atoms with van der Waals surface area (Å²) in [4.78, 5) is 45.7. The predicted molar refractivity (Wildman–Crippen MR) is 109 cm³/mol. The summed E-state index contributed by atoms with van der Waals surface area (Å²) in [5, 5.41) is 3.24. The first kappa shape index (κ1) is 19.7. The Hall–Kier alpha value is -2.64. The van der Waals surface area contributed by atoms with Gasteiger partial charge in [-0.1, -0.05) is 20.8 Å². The van der Waals surface area contributed by atoms with Gasteiger partial charge in [0.25, 0.3) is 5.56 Å². The third-order valence-corrected chi connectivity index (χ3v) is 6.18. The third-order valence-electron chi connectivity index (χ3n) is 6.18. The van der Waals surface area contributed by atoms with Crippen molar-refractivity contribution in [2.24, 2.45) is 5.92 Å². The number of piperidine rings is 1. The van der Waals surface area contributed by atoms with Gasteiger partial charge in [-0.05, 0) is 12.8 Å². The fraction of sp³-hybridized carbons (Fsp3) is 0.619. The van der Waals surface area contributed by atoms with Crippen LogP contribution in [0.4, 0.5) is 0 Å². The average molecular weight is 399 g/mol. The largest absolute Gasteiger partial charge is 0.342 e. The van der Waals surface area contributed by atoms with Crippen LogP contribution in [0.15, 0.2) is 10.9 Å². The molecule has 156 valence electrons. The zero-order valence-electron chi connectivity index (χ0n) is 17.4. The maximum Gasteiger partial charge on any atom is 0.277 e. The van der Waals surface area contributed by atoms with Crippen LogP contribution in [0.3, 0.4) is 0 Å². The van der Waals surface area contributed by atoms with E-state index in [4.69, 9.17) is 4.98 Å². The molecule has 8 heteroatoms. The molecule has 2 aromatic heterocycles. The monoisotopic (exact) mass is 399 g/mol. The smallest absolute Gasteiger partial charge is 0.277 e. The van der Waals surface area contributed by atoms with Crippen molar-refractivity contribution in [2.75, 3.05) is 19.6 Å². The second-order valence-corrected chi connectivity index (χ2v) is 8.42. The minimum absolute atomic E-state index is 0.0212. The Kier molecular flexibility index (Phi) is 5.19. The molecule has 0 unspecified atom stereocenters. The number of carbonyl (C=O) groups excluding carboxylic acids is 2. The average Bonchev–Trinajstić information content (AvgIpc) is 3.17. The van der Waals surface area contributed by atoms with Crippen LogP contribution in [0.5, 0.6) is 0 Å². The topological polar surface area (TPSA) is 90.8 Å². The predicted octanol–water partition coefficient (Wildman–Crippen LogP) is 1.68. The maximum atomic E-state index is 13.0. The van der Waals surface area contributed by atoms with E-state index >= 15 is 0 Å². The number of H-pyrrole nitrogens is 1. The molecule has 2 aliphatic heterocycles. The summed E-state index contributed by atoms with van der Waals surface area (Å²) in [7, 11) is 0. The summed E-state index contributed by atoms with van der Waals surface area (Å²) in [6.45, 7) is 8.13. The molecular weight excluding hydrogens is 370 g/mol. The van der Waals surface area contributed by atoms with Crippen LogP contribution in [0.2, 0.25) is 0 Å². The number of nitrogens with zero attached hydrogens (tertiary/aromatic N) is 4. The lowest BCUT2D eigenvalue weighted by Gasteiger charge is -2.32. The van der Waals surface area contributed by atoms with Gasteiger partial charge < -0.3 is 9.80 Å². The third kappa shape index (κ3) is 3.56. The molecule has 0 aromatic carbocycles. The summed E-state index contributed by atoms with van der Waals surface area (Å²) in [6, 6.07) is 1.97. The number of aromatic amines is 1. The number of fused-ring (bicyclic) bond motifs is 2. The van der Waals surface area contributed by atoms with Crippen LogP contribution < -0.4 is 5.56 Å². The molecule has 2 aliphatic rings. The van der Waals surface area contributed by atoms with Gasteiger partial charge in [0.05, 0.1) is 17.8 Å². The minimum Gasteiger partial charge on any atom is -0.342 e. The lowest BCUT2D eigenvalue weighted by molar-refractivity contribution is -0.135. The molecular formula is C21H29N5O3. The van der Waals surface area contributed by atoms with E-state index in [9.17, 15) is 14.4 Å². The van der Waals surface area contributed by atoms with Gasteiger partial charge >= 0.3 is 0 Å². The van der Waals surface area contributed by atoms with Crippen molar-refractivity contribution in [2.45, 2.75) is 58.9 Å². The molecule has 4 rings (SSSR count). The van der Waals surface area contributed by atoms with Crippen molar-refractivity contribution in [3.05, 3.63) is 33.4 Å². The highest BCUT2D eigenvalue weighted by molar-refractivity contribution is 5.78. The molecule has 0 atom stereocenters. The highest BCUT2D eigenvalue weighted by Crippen LogP contribution is 2.28. The summed E-state index contributed by atoms with van der Waals surface area (Å²) in [5.41, 5.74) is 2.94. The molecule has 0 saturated carbocycles. The zero-order valence-corrected chi connectivity index (χ0v) is 17.4. The Morgan fingerprint density at radius 2 is 1.93 bits per heavy atom. The van der Waals surface area contributed by atoms with Crippen LogP contribution in [0.1, 0.15) is 62.9 Å². The van der Waals surface area contributed by atoms with Crippen LogP contribution in [0.25, 0.3) is 5.65 Å². The SMILES string of the molecule is CCC(=O)N1CCc2nc3cc(C4CCN(C(=O)C(C)C)CC4)[nH]n3c(=O)c2C1. The fourth-order valence-corrected chi connectivity index (χ4v) is 4.42. The number of amides is 2. The lowest BCUT2D eigenvalue weighted by Crippen LogP contribution is -2.40. The number of nitrogens with one attached hydrogen (secondary N) is 1. The van der Waals surface area contributed by atoms with Gasteiger partial charge in [0, 0.05) is 56.1 Å². The highest BCUT2D eigenvalue weighted by atomic mass is 16.2. The first-order valence-corrected chi connectivity index (χ1v) is 10.6. The normalized spacial score (nSPS) is 17.8. The van der Waals surface area contributed by atoms with E-state index in [0.717, 1.165) is 37.3 Å². The van der Waals surface area contributed by atoms with Crippen molar-refractivity contribution < 1.29 is 9.59 Å². The van der Waals surface area contributed by atoms with Gasteiger partial charge in [-0.25, -0.2) is 9.50 Å². The molecule has 0 spiro atoms. The van der Waals surface area contributed by atoms with E-state index in [1.54, 1.807) is 4.90 Å². The van der Waals surface area contributed by atoms with Crippen molar-refractivity contribution in [3.63, 3.8) is 0 Å². The van der Waals surface area contributed by atoms with Gasteiger partial charge in [-0.2, -0.15) is 0 Å². The molecule has 2 amide bonds. The number of carbonyl (C=O) groups is 2. The molecule has 0 bridgehead atoms. The second-order valence-electron chi connectivity index (χ2n) is 8.42. The Bertz CT molecular complexity index is 998. The number of likely N-dealkylation sites (tertiary alicyclic amines) is 1. The van der Waals surface area contributed by atoms with E-state index in [-0.39, 0.29) is 29.2 Å². The maximum absolute atomic E-state index is 13.0. The van der Waals surface area contributed by atoms with E-state index in [1.165, 1.54) is 4.52 Å². The van der Waals surface area contributed by atoms with E-state index in [0.29, 0.717) is 37.1 Å². The summed E-state index contributed by atoms with van der Waals surface area (Å²) in [5.74, 6) is 0.572. The van der Waals surface area contributed by atoms with Crippen LogP contribution in [0, 0.1) is 5.92 Å². The zero-order chi connectivity index (χ0) is 20.7. The van der Waals surface area contributed by atoms with E-state index in [1.807, 2.05) is 31.7 Å². The van der Waals surface area contributed by atoms with Crippen molar-refractivity contribution in [1.29, 1.82) is 0 Å². The van der Waals surface area contributed by atoms with Crippen LogP contribution in [-0.2, 0) is 22.6 Å². The van der Waals surface area contributed by atoms with Gasteiger partial charge in [0.1, 0.15) is 0 Å². The van der Waals surface area contributed by atoms with Gasteiger partial charge in [-0.15, -0.1) is 0 Å². The Morgan fingerprint density at radius 1 is 1.21 bits per heavy atom. The molecule has 8 nitrogen and oxygen atoms in total. The Balaban J connectivity index is 1.57. The number of hydrogen-bond acceptors (Lipinski definition) is 4. The molecule has 1 N–H and O–H groups in total. The second kappa shape index (κ2) is 7.65. The van der Waals surface area contributed by atoms with Crippen LogP contribution in [-0.4, -0.2) is 55.8 Å². The first-order valence-electron chi connectivity index (χ1n) is 10.6. The summed E-state index contributed by atoms with van der Waals surface area (Å²) in [6.07, 6.45) is 2.80. The van der Waals surface area contributed by atoms with Crippen molar-refractivity contribution in [1.82, 2.24) is 24.4 Å². The van der Waals surface area contributed by atoms with Gasteiger partial charge in [0.15, 0.2) is 5.65 Å². The highest BCUT2D eigenvalue weighted by Gasteiger charge is 2.28. The molecule has 4 heterocycles. The number of hydrogen-bond donors (Lipinski definition) is 1. The quantitative estimate of drug-likeness (QED) is 0.850. The molecule has 0 aliphatic carbocycles. The molecule has 0 radical (unpaired) electrons. The minimum atomic E-state index is -0.114. The number of rotatable bonds is 3. The van der Waals surface area contributed by atoms with Crippen LogP contribution >= 0.6 is 0 Å². The number of aromatic nitrogens is 3. The standard InChI is InChI=1S/C21H29N5O3/c1-4-19(27)25-10-7-16-15(12-25)21(29)26-18(22-16)11-17(23-26)14-5-8-24(9-6-14)20(28)13(2)3/h11,13-14,23H,4-10,12H2,1-3H3. The lowest BCUT2D eigenvalue weighted by atomic mass is 9.93. The molecule has 1 saturated heterocycles. The fourth-order valence-electron chi connectivity index (χ4n) is 4.42. The molecule has 29 heavy (non-hydrogen) atoms. The van der Waals surface area contributed by atoms with Crippen molar-refractivity contribution >= 4 is 17.5 Å². The molecule has 1 fully saturated rings. The van der Waals surface area contributed by atoms with E-state index in [2.05, 4.69) is 5.10 Å². The Labute approximate surface area is 169 Å². The van der Waals surface area contributed by atoms with Gasteiger partial charge in [0.2, 0.25) is 11.8 Å². The van der Waals surface area contributed by atoms with Crippen molar-refractivity contribution in [3.8, 4) is 0 Å². The summed E-state index contributed by atoms with van der Waals surface area (Å²) < 4.78 is 1.51. The van der Waals surface area contributed by atoms with Gasteiger partial charge in [-0.3, -0.25) is 19.5 Å². The summed E-state index contributed by atoms with van der Waals surface area (Å²) >= 11 is 0.